The van der Waals surface area contributed by atoms with Crippen LogP contribution in [-0.2, 0) is 0 Å². The molecule has 0 radical (unpaired) electrons. The number of aromatic nitrogens is 1. The zero-order valence-corrected chi connectivity index (χ0v) is 27.4. The molecule has 4 heteroatoms. The number of nitrogens with zero attached hydrogens (tertiary/aromatic N) is 1. The maximum atomic E-state index is 9.14. The Morgan fingerprint density at radius 3 is 1.96 bits per heavy atom. The summed E-state index contributed by atoms with van der Waals surface area (Å²) in [6, 6.07) is 59.5. The third kappa shape index (κ3) is 5.20. The SMILES string of the molecule is N=C(/C=C(\Nn1c2ccccc2c2cc(-c3cccc4c3sc3ccccc34)ccc21)c1ccccc1)c1ccc(-c2ccccc2)cc1. The minimum absolute atomic E-state index is 0.436. The molecule has 232 valence electrons. The van der Waals surface area contributed by atoms with Gasteiger partial charge < -0.3 is 5.41 Å². The van der Waals surface area contributed by atoms with E-state index in [0.717, 1.165) is 39.0 Å². The zero-order chi connectivity index (χ0) is 32.7. The molecule has 9 aromatic rings. The van der Waals surface area contributed by atoms with Crippen LogP contribution in [0, 0.1) is 5.41 Å². The van der Waals surface area contributed by atoms with Gasteiger partial charge in [-0.25, -0.2) is 0 Å². The fourth-order valence-electron chi connectivity index (χ4n) is 6.85. The van der Waals surface area contributed by atoms with Crippen LogP contribution in [0.15, 0.2) is 176 Å². The van der Waals surface area contributed by atoms with Gasteiger partial charge in [-0.1, -0.05) is 146 Å². The first-order valence-corrected chi connectivity index (χ1v) is 17.3. The van der Waals surface area contributed by atoms with E-state index in [1.165, 1.54) is 42.1 Å². The summed E-state index contributed by atoms with van der Waals surface area (Å²) >= 11 is 1.86. The van der Waals surface area contributed by atoms with Crippen molar-refractivity contribution in [1.29, 1.82) is 5.41 Å². The Morgan fingerprint density at radius 2 is 1.14 bits per heavy atom. The van der Waals surface area contributed by atoms with E-state index < -0.39 is 0 Å². The molecule has 3 nitrogen and oxygen atoms in total. The van der Waals surface area contributed by atoms with E-state index in [1.54, 1.807) is 0 Å². The van der Waals surface area contributed by atoms with E-state index in [0.29, 0.717) is 5.71 Å². The molecule has 0 atom stereocenters. The average molecular weight is 646 g/mol. The summed E-state index contributed by atoms with van der Waals surface area (Å²) < 4.78 is 4.79. The minimum Gasteiger partial charge on any atom is -0.300 e. The van der Waals surface area contributed by atoms with E-state index in [9.17, 15) is 0 Å². The van der Waals surface area contributed by atoms with Gasteiger partial charge in [0.05, 0.1) is 22.4 Å². The van der Waals surface area contributed by atoms with Crippen molar-refractivity contribution < 1.29 is 0 Å². The predicted molar refractivity (Wildman–Crippen MR) is 210 cm³/mol. The van der Waals surface area contributed by atoms with Crippen molar-refractivity contribution in [1.82, 2.24) is 4.68 Å². The van der Waals surface area contributed by atoms with Gasteiger partial charge in [0.1, 0.15) is 0 Å². The quantitative estimate of drug-likeness (QED) is 0.166. The highest BCUT2D eigenvalue weighted by atomic mass is 32.1. The van der Waals surface area contributed by atoms with Gasteiger partial charge in [-0.05, 0) is 63.7 Å². The zero-order valence-electron chi connectivity index (χ0n) is 26.6. The maximum Gasteiger partial charge on any atom is 0.0710 e. The number of nitrogens with one attached hydrogen (secondary N) is 2. The summed E-state index contributed by atoms with van der Waals surface area (Å²) in [6.07, 6.45) is 1.93. The predicted octanol–water partition coefficient (Wildman–Crippen LogP) is 12.1. The van der Waals surface area contributed by atoms with Crippen LogP contribution in [0.4, 0.5) is 0 Å². The third-order valence-electron chi connectivity index (χ3n) is 9.30. The molecule has 0 bridgehead atoms. The molecule has 2 N–H and O–H groups in total. The number of fused-ring (bicyclic) bond motifs is 6. The molecule has 0 aliphatic heterocycles. The van der Waals surface area contributed by atoms with Crippen LogP contribution in [0.5, 0.6) is 0 Å². The molecular formula is C45H31N3S. The lowest BCUT2D eigenvalue weighted by Gasteiger charge is -2.16. The summed E-state index contributed by atoms with van der Waals surface area (Å²) in [6.45, 7) is 0. The number of allylic oxidation sites excluding steroid dienone is 1. The summed E-state index contributed by atoms with van der Waals surface area (Å²) in [5, 5.41) is 14.1. The minimum atomic E-state index is 0.436. The van der Waals surface area contributed by atoms with Crippen LogP contribution in [0.3, 0.4) is 0 Å². The van der Waals surface area contributed by atoms with Gasteiger partial charge in [0.25, 0.3) is 0 Å². The van der Waals surface area contributed by atoms with Crippen LogP contribution in [0.25, 0.3) is 69.9 Å². The van der Waals surface area contributed by atoms with Crippen LogP contribution >= 0.6 is 11.3 Å². The van der Waals surface area contributed by atoms with Gasteiger partial charge in [0.15, 0.2) is 0 Å². The Kier molecular flexibility index (Phi) is 7.15. The second-order valence-electron chi connectivity index (χ2n) is 12.3. The number of thiophene rings is 1. The summed E-state index contributed by atoms with van der Waals surface area (Å²) in [7, 11) is 0. The molecule has 2 aromatic heterocycles. The molecular weight excluding hydrogens is 615 g/mol. The molecule has 0 saturated heterocycles. The van der Waals surface area contributed by atoms with E-state index in [1.807, 2.05) is 65.9 Å². The Hall–Kier alpha value is -6.23. The number of hydrogen-bond donors (Lipinski definition) is 2. The third-order valence-corrected chi connectivity index (χ3v) is 10.5. The smallest absolute Gasteiger partial charge is 0.0710 e. The topological polar surface area (TPSA) is 40.8 Å². The van der Waals surface area contributed by atoms with Gasteiger partial charge in [0.2, 0.25) is 0 Å². The number of hydrogen-bond acceptors (Lipinski definition) is 3. The molecule has 9 rings (SSSR count). The van der Waals surface area contributed by atoms with Crippen molar-refractivity contribution in [3.8, 4) is 22.3 Å². The molecule has 0 aliphatic rings. The Morgan fingerprint density at radius 1 is 0.510 bits per heavy atom. The van der Waals surface area contributed by atoms with Gasteiger partial charge in [0, 0.05) is 30.9 Å². The van der Waals surface area contributed by atoms with Crippen LogP contribution in [0.2, 0.25) is 0 Å². The fraction of sp³-hybridized carbons (Fsp3) is 0. The van der Waals surface area contributed by atoms with Gasteiger partial charge in [-0.3, -0.25) is 10.1 Å². The molecule has 0 unspecified atom stereocenters. The largest absolute Gasteiger partial charge is 0.300 e. The first-order valence-electron chi connectivity index (χ1n) is 16.4. The monoisotopic (exact) mass is 645 g/mol. The first kappa shape index (κ1) is 29.0. The molecule has 49 heavy (non-hydrogen) atoms. The van der Waals surface area contributed by atoms with Gasteiger partial charge in [-0.15, -0.1) is 11.3 Å². The van der Waals surface area contributed by atoms with Crippen molar-refractivity contribution in [3.05, 3.63) is 187 Å². The number of benzene rings is 7. The van der Waals surface area contributed by atoms with Crippen LogP contribution in [0.1, 0.15) is 11.1 Å². The van der Waals surface area contributed by atoms with Gasteiger partial charge in [-0.2, -0.15) is 0 Å². The Labute approximate surface area is 288 Å². The van der Waals surface area contributed by atoms with Crippen molar-refractivity contribution >= 4 is 64.7 Å². The molecule has 0 spiro atoms. The first-order chi connectivity index (χ1) is 24.2. The highest BCUT2D eigenvalue weighted by Crippen LogP contribution is 2.41. The van der Waals surface area contributed by atoms with Crippen LogP contribution < -0.4 is 5.43 Å². The lowest BCUT2D eigenvalue weighted by Crippen LogP contribution is -2.14. The fourth-order valence-corrected chi connectivity index (χ4v) is 8.09. The van der Waals surface area contributed by atoms with Crippen LogP contribution in [-0.4, -0.2) is 10.4 Å². The second-order valence-corrected chi connectivity index (χ2v) is 13.3. The lowest BCUT2D eigenvalue weighted by molar-refractivity contribution is 1.06. The molecule has 0 saturated carbocycles. The number of para-hydroxylation sites is 1. The van der Waals surface area contributed by atoms with E-state index in [4.69, 9.17) is 5.41 Å². The van der Waals surface area contributed by atoms with Gasteiger partial charge >= 0.3 is 0 Å². The maximum absolute atomic E-state index is 9.14. The van der Waals surface area contributed by atoms with Crippen molar-refractivity contribution in [3.63, 3.8) is 0 Å². The highest BCUT2D eigenvalue weighted by Gasteiger charge is 2.16. The van der Waals surface area contributed by atoms with E-state index in [2.05, 4.69) is 131 Å². The normalized spacial score (nSPS) is 11.9. The molecule has 2 heterocycles. The summed E-state index contributed by atoms with van der Waals surface area (Å²) in [5.74, 6) is 0. The number of rotatable bonds is 7. The van der Waals surface area contributed by atoms with E-state index >= 15 is 0 Å². The Balaban J connectivity index is 1.14. The summed E-state index contributed by atoms with van der Waals surface area (Å²) in [5.41, 5.74) is 13.8. The van der Waals surface area contributed by atoms with Crippen molar-refractivity contribution in [2.45, 2.75) is 0 Å². The molecule has 0 amide bonds. The second kappa shape index (κ2) is 12.1. The lowest BCUT2D eigenvalue weighted by atomic mass is 10.0. The van der Waals surface area contributed by atoms with Crippen molar-refractivity contribution in [2.24, 2.45) is 0 Å². The molecule has 7 aromatic carbocycles. The highest BCUT2D eigenvalue weighted by molar-refractivity contribution is 7.26. The Bertz CT molecular complexity index is 2680. The van der Waals surface area contributed by atoms with Crippen molar-refractivity contribution in [2.75, 3.05) is 5.43 Å². The molecule has 0 fully saturated rings. The summed E-state index contributed by atoms with van der Waals surface area (Å²) in [4.78, 5) is 0. The van der Waals surface area contributed by atoms with E-state index in [-0.39, 0.29) is 0 Å². The molecule has 0 aliphatic carbocycles. The average Bonchev–Trinajstić information content (AvgIpc) is 3.71. The standard InChI is InChI=1S/C45H31N3S/c46-40(32-24-22-31(23-25-32)30-12-3-1-4-13-30)29-41(33-14-5-2-6-15-33)47-48-42-20-9-7-16-36(42)39-28-34(26-27-43(39)48)35-18-11-19-38-37-17-8-10-21-44(37)49-45(35)38/h1-29,46-47H/b41-29-,46-40?.